The molecule has 0 N–H and O–H groups in total. The molecule has 0 aliphatic carbocycles. The van der Waals surface area contributed by atoms with E-state index in [1.54, 1.807) is 35.2 Å². The fraction of sp³-hybridized carbons (Fsp3) is 0.250. The largest absolute Gasteiger partial charge is 0.339 e. The highest BCUT2D eigenvalue weighted by Gasteiger charge is 2.29. The van der Waals surface area contributed by atoms with Gasteiger partial charge < -0.3 is 4.90 Å². The third-order valence-electron chi connectivity index (χ3n) is 4.81. The number of nitrogens with zero attached hydrogens (tertiary/aromatic N) is 4. The van der Waals surface area contributed by atoms with Crippen molar-refractivity contribution in [2.75, 3.05) is 31.9 Å². The summed E-state index contributed by atoms with van der Waals surface area (Å²) in [6.07, 6.45) is 1.50. The van der Waals surface area contributed by atoms with E-state index in [9.17, 15) is 13.2 Å². The van der Waals surface area contributed by atoms with Gasteiger partial charge in [-0.15, -0.1) is 0 Å². The molecule has 0 radical (unpaired) electrons. The molecule has 1 saturated heterocycles. The van der Waals surface area contributed by atoms with Crippen molar-refractivity contribution in [3.8, 4) is 0 Å². The number of sulfonamides is 1. The van der Waals surface area contributed by atoms with Gasteiger partial charge in [0.05, 0.1) is 16.2 Å². The maximum absolute atomic E-state index is 12.7. The number of aromatic nitrogens is 2. The molecule has 0 spiro atoms. The molecule has 3 aromatic rings. The summed E-state index contributed by atoms with van der Waals surface area (Å²) in [5.41, 5.74) is 0.845. The van der Waals surface area contributed by atoms with Crippen molar-refractivity contribution >= 4 is 38.6 Å². The lowest BCUT2D eigenvalue weighted by Crippen LogP contribution is -2.50. The minimum atomic E-state index is -3.52. The first kappa shape index (κ1) is 19.8. The Morgan fingerprint density at radius 1 is 0.931 bits per heavy atom. The summed E-state index contributed by atoms with van der Waals surface area (Å²) in [5, 5.41) is 1.70. The van der Waals surface area contributed by atoms with Gasteiger partial charge in [0, 0.05) is 31.6 Å². The predicted octanol–water partition coefficient (Wildman–Crippen LogP) is 2.26. The second-order valence-corrected chi connectivity index (χ2v) is 9.48. The number of para-hydroxylation sites is 1. The fourth-order valence-electron chi connectivity index (χ4n) is 3.24. The zero-order valence-corrected chi connectivity index (χ0v) is 17.3. The van der Waals surface area contributed by atoms with Gasteiger partial charge in [-0.1, -0.05) is 48.2 Å². The van der Waals surface area contributed by atoms with E-state index in [-0.39, 0.29) is 16.6 Å². The van der Waals surface area contributed by atoms with Crippen LogP contribution in [0.25, 0.3) is 10.9 Å². The van der Waals surface area contributed by atoms with Crippen LogP contribution in [0.4, 0.5) is 0 Å². The Labute approximate surface area is 173 Å². The highest BCUT2D eigenvalue weighted by Crippen LogP contribution is 2.25. The summed E-state index contributed by atoms with van der Waals surface area (Å²) in [6.45, 7) is 1.36. The number of hydrogen-bond acceptors (Lipinski definition) is 6. The monoisotopic (exact) mass is 428 g/mol. The minimum Gasteiger partial charge on any atom is -0.339 e. The molecular formula is C20H20N4O3S2. The predicted molar refractivity (Wildman–Crippen MR) is 112 cm³/mol. The van der Waals surface area contributed by atoms with Gasteiger partial charge in [-0.3, -0.25) is 4.79 Å². The molecule has 0 unspecified atom stereocenters. The Kier molecular flexibility index (Phi) is 5.79. The quantitative estimate of drug-likeness (QED) is 0.458. The van der Waals surface area contributed by atoms with Crippen LogP contribution in [0.15, 0.2) is 70.8 Å². The summed E-state index contributed by atoms with van der Waals surface area (Å²) >= 11 is 1.38. The van der Waals surface area contributed by atoms with E-state index in [4.69, 9.17) is 0 Å². The number of piperazine rings is 1. The van der Waals surface area contributed by atoms with Crippen LogP contribution in [-0.2, 0) is 14.8 Å². The second kappa shape index (κ2) is 8.48. The third-order valence-corrected chi connectivity index (χ3v) is 7.71. The number of fused-ring (bicyclic) bond motifs is 1. The van der Waals surface area contributed by atoms with E-state index in [1.165, 1.54) is 22.4 Å². The van der Waals surface area contributed by atoms with Crippen molar-refractivity contribution in [2.24, 2.45) is 0 Å². The molecule has 1 aliphatic heterocycles. The average Bonchev–Trinajstić information content (AvgIpc) is 2.78. The molecule has 1 aliphatic rings. The molecule has 0 saturated carbocycles. The van der Waals surface area contributed by atoms with E-state index in [0.29, 0.717) is 26.2 Å². The third kappa shape index (κ3) is 4.26. The smallest absolute Gasteiger partial charge is 0.243 e. The SMILES string of the molecule is O=C(CSc1ncnc2ccccc12)N1CCN(S(=O)(=O)c2ccccc2)CC1. The molecule has 1 fully saturated rings. The zero-order chi connectivity index (χ0) is 20.3. The number of carbonyl (C=O) groups is 1. The molecule has 4 rings (SSSR count). The highest BCUT2D eigenvalue weighted by molar-refractivity contribution is 8.00. The summed E-state index contributed by atoms with van der Waals surface area (Å²) in [6, 6.07) is 16.1. The van der Waals surface area contributed by atoms with E-state index in [2.05, 4.69) is 9.97 Å². The van der Waals surface area contributed by atoms with Crippen molar-refractivity contribution in [2.45, 2.75) is 9.92 Å². The Hall–Kier alpha value is -2.49. The zero-order valence-electron chi connectivity index (χ0n) is 15.6. The van der Waals surface area contributed by atoms with Crippen LogP contribution in [0.5, 0.6) is 0 Å². The van der Waals surface area contributed by atoms with Crippen LogP contribution in [0.2, 0.25) is 0 Å². The van der Waals surface area contributed by atoms with Crippen LogP contribution in [0, 0.1) is 0 Å². The number of rotatable bonds is 5. The molecule has 1 aromatic heterocycles. The fourth-order valence-corrected chi connectivity index (χ4v) is 5.57. The summed E-state index contributed by atoms with van der Waals surface area (Å²) in [4.78, 5) is 23.2. The molecular weight excluding hydrogens is 408 g/mol. The van der Waals surface area contributed by atoms with Crippen molar-refractivity contribution in [3.05, 3.63) is 60.9 Å². The number of carbonyl (C=O) groups excluding carboxylic acids is 1. The Morgan fingerprint density at radius 3 is 2.38 bits per heavy atom. The number of hydrogen-bond donors (Lipinski definition) is 0. The van der Waals surface area contributed by atoms with E-state index >= 15 is 0 Å². The Morgan fingerprint density at radius 2 is 1.62 bits per heavy atom. The molecule has 2 aromatic carbocycles. The molecule has 150 valence electrons. The Balaban J connectivity index is 1.36. The summed E-state index contributed by atoms with van der Waals surface area (Å²) < 4.78 is 26.8. The lowest BCUT2D eigenvalue weighted by atomic mass is 10.2. The van der Waals surface area contributed by atoms with E-state index < -0.39 is 10.0 Å². The van der Waals surface area contributed by atoms with Crippen molar-refractivity contribution in [3.63, 3.8) is 0 Å². The van der Waals surface area contributed by atoms with Gasteiger partial charge in [0.15, 0.2) is 0 Å². The number of thioether (sulfide) groups is 1. The van der Waals surface area contributed by atoms with E-state index in [1.807, 2.05) is 24.3 Å². The first-order chi connectivity index (χ1) is 14.1. The van der Waals surface area contributed by atoms with Crippen molar-refractivity contribution < 1.29 is 13.2 Å². The molecule has 7 nitrogen and oxygen atoms in total. The van der Waals surface area contributed by atoms with Crippen LogP contribution in [0.1, 0.15) is 0 Å². The van der Waals surface area contributed by atoms with Gasteiger partial charge in [0.1, 0.15) is 11.4 Å². The van der Waals surface area contributed by atoms with Crippen LogP contribution in [-0.4, -0.2) is 65.4 Å². The molecule has 9 heteroatoms. The van der Waals surface area contributed by atoms with Gasteiger partial charge >= 0.3 is 0 Å². The molecule has 1 amide bonds. The standard InChI is InChI=1S/C20H20N4O3S2/c25-19(14-28-20-17-8-4-5-9-18(17)21-15-22-20)23-10-12-24(13-11-23)29(26,27)16-6-2-1-3-7-16/h1-9,15H,10-14H2. The van der Waals surface area contributed by atoms with Gasteiger partial charge in [-0.25, -0.2) is 18.4 Å². The Bertz CT molecular complexity index is 1110. The average molecular weight is 429 g/mol. The highest BCUT2D eigenvalue weighted by atomic mass is 32.2. The summed E-state index contributed by atoms with van der Waals surface area (Å²) in [7, 11) is -3.52. The topological polar surface area (TPSA) is 83.5 Å². The normalized spacial score (nSPS) is 15.5. The van der Waals surface area contributed by atoms with E-state index in [0.717, 1.165) is 15.9 Å². The van der Waals surface area contributed by atoms with Crippen molar-refractivity contribution in [1.29, 1.82) is 0 Å². The molecule has 0 atom stereocenters. The van der Waals surface area contributed by atoms with Crippen LogP contribution < -0.4 is 0 Å². The van der Waals surface area contributed by atoms with Crippen LogP contribution >= 0.6 is 11.8 Å². The lowest BCUT2D eigenvalue weighted by molar-refractivity contribution is -0.129. The lowest BCUT2D eigenvalue weighted by Gasteiger charge is -2.34. The summed E-state index contributed by atoms with van der Waals surface area (Å²) in [5.74, 6) is 0.237. The van der Waals surface area contributed by atoms with Gasteiger partial charge in [0.25, 0.3) is 0 Å². The maximum Gasteiger partial charge on any atom is 0.243 e. The second-order valence-electron chi connectivity index (χ2n) is 6.58. The molecule has 29 heavy (non-hydrogen) atoms. The van der Waals surface area contributed by atoms with Gasteiger partial charge in [-0.2, -0.15) is 4.31 Å². The molecule has 0 bridgehead atoms. The first-order valence-electron chi connectivity index (χ1n) is 9.21. The minimum absolute atomic E-state index is 0.0190. The number of benzene rings is 2. The van der Waals surface area contributed by atoms with Crippen molar-refractivity contribution in [1.82, 2.24) is 19.2 Å². The first-order valence-corrected chi connectivity index (χ1v) is 11.6. The van der Waals surface area contributed by atoms with Gasteiger partial charge in [-0.05, 0) is 18.2 Å². The van der Waals surface area contributed by atoms with Crippen LogP contribution in [0.3, 0.4) is 0 Å². The van der Waals surface area contributed by atoms with Gasteiger partial charge in [0.2, 0.25) is 15.9 Å². The molecule has 2 heterocycles. The number of amides is 1. The maximum atomic E-state index is 12.7.